The molecule has 6 nitrogen and oxygen atoms in total. The van der Waals surface area contributed by atoms with E-state index >= 15 is 0 Å². The first kappa shape index (κ1) is 15.5. The van der Waals surface area contributed by atoms with Crippen LogP contribution in [0, 0.1) is 5.41 Å². The van der Waals surface area contributed by atoms with Crippen LogP contribution in [-0.4, -0.2) is 25.3 Å². The number of rotatable bonds is 3. The number of aromatic nitrogens is 3. The normalized spacial score (nSPS) is 14.0. The fraction of sp³-hybridized carbons (Fsp3) is 0.471. The van der Waals surface area contributed by atoms with Crippen molar-refractivity contribution in [1.29, 1.82) is 0 Å². The number of hydrogen-bond donors (Lipinski definition) is 2. The van der Waals surface area contributed by atoms with Gasteiger partial charge >= 0.3 is 11.8 Å². The van der Waals surface area contributed by atoms with Crippen molar-refractivity contribution in [1.82, 2.24) is 14.5 Å². The van der Waals surface area contributed by atoms with Gasteiger partial charge in [0.2, 0.25) is 0 Å². The molecule has 2 aromatic heterocycles. The number of hydrogen-bond acceptors (Lipinski definition) is 4. The summed E-state index contributed by atoms with van der Waals surface area (Å²) in [6.07, 6.45) is 8.20. The molecule has 0 unspecified atom stereocenters. The summed E-state index contributed by atoms with van der Waals surface area (Å²) in [5.41, 5.74) is 15.7. The minimum atomic E-state index is 0.225. The number of anilines is 2. The molecule has 6 heteroatoms. The predicted octanol–water partition coefficient (Wildman–Crippen LogP) is 2.23. The van der Waals surface area contributed by atoms with Crippen molar-refractivity contribution in [2.24, 2.45) is 12.5 Å². The maximum absolute atomic E-state index is 6.15. The second-order valence-corrected chi connectivity index (χ2v) is 7.49. The van der Waals surface area contributed by atoms with Crippen molar-refractivity contribution >= 4 is 23.8 Å². The molecule has 0 atom stereocenters. The van der Waals surface area contributed by atoms with Crippen molar-refractivity contribution in [3.8, 4) is 0 Å². The third-order valence-corrected chi connectivity index (χ3v) is 4.14. The van der Waals surface area contributed by atoms with Gasteiger partial charge in [0, 0.05) is 30.6 Å². The van der Waals surface area contributed by atoms with E-state index in [2.05, 4.69) is 58.5 Å². The predicted molar refractivity (Wildman–Crippen MR) is 92.8 cm³/mol. The van der Waals surface area contributed by atoms with E-state index in [9.17, 15) is 0 Å². The Morgan fingerprint density at radius 3 is 2.61 bits per heavy atom. The number of nitrogens with zero attached hydrogens (tertiary/aromatic N) is 4. The van der Waals surface area contributed by atoms with Crippen LogP contribution >= 0.6 is 0 Å². The van der Waals surface area contributed by atoms with Gasteiger partial charge in [-0.15, -0.1) is 0 Å². The van der Waals surface area contributed by atoms with Gasteiger partial charge in [-0.25, -0.2) is 4.58 Å². The van der Waals surface area contributed by atoms with Crippen molar-refractivity contribution in [3.05, 3.63) is 29.1 Å². The summed E-state index contributed by atoms with van der Waals surface area (Å²) in [6.45, 7) is 7.45. The average molecular weight is 313 g/mol. The van der Waals surface area contributed by atoms with Gasteiger partial charge in [-0.1, -0.05) is 20.8 Å². The quantitative estimate of drug-likeness (QED) is 0.851. The van der Waals surface area contributed by atoms with Gasteiger partial charge in [-0.05, 0) is 23.2 Å². The maximum atomic E-state index is 6.15. The van der Waals surface area contributed by atoms with E-state index in [-0.39, 0.29) is 11.4 Å². The first-order valence-corrected chi connectivity index (χ1v) is 7.91. The molecule has 0 saturated carbocycles. The summed E-state index contributed by atoms with van der Waals surface area (Å²) in [7, 11) is 2.03. The highest BCUT2D eigenvalue weighted by Crippen LogP contribution is 2.31. The van der Waals surface area contributed by atoms with Gasteiger partial charge in [0.25, 0.3) is 0 Å². The van der Waals surface area contributed by atoms with Crippen LogP contribution in [0.5, 0.6) is 0 Å². The molecule has 23 heavy (non-hydrogen) atoms. The molecule has 0 bridgehead atoms. The smallest absolute Gasteiger partial charge is 0.338 e. The van der Waals surface area contributed by atoms with Gasteiger partial charge < -0.3 is 16.0 Å². The molecule has 122 valence electrons. The Morgan fingerprint density at radius 2 is 1.96 bits per heavy atom. The summed E-state index contributed by atoms with van der Waals surface area (Å²) in [6, 6.07) is 0. The summed E-state index contributed by atoms with van der Waals surface area (Å²) in [4.78, 5) is 8.63. The summed E-state index contributed by atoms with van der Waals surface area (Å²) in [5, 5.41) is 0. The van der Waals surface area contributed by atoms with Crippen LogP contribution in [0.1, 0.15) is 43.9 Å². The van der Waals surface area contributed by atoms with Gasteiger partial charge in [0.05, 0.1) is 5.56 Å². The monoisotopic (exact) mass is 313 g/mol. The molecule has 4 N–H and O–H groups in total. The molecule has 0 radical (unpaired) electrons. The fourth-order valence-electron chi connectivity index (χ4n) is 2.93. The Balaban J connectivity index is 1.98. The van der Waals surface area contributed by atoms with Crippen molar-refractivity contribution in [3.63, 3.8) is 0 Å². The first-order chi connectivity index (χ1) is 10.7. The van der Waals surface area contributed by atoms with Gasteiger partial charge in [-0.3, -0.25) is 0 Å². The zero-order valence-corrected chi connectivity index (χ0v) is 14.3. The number of fused-ring (bicyclic) bond motifs is 1. The molecule has 0 fully saturated rings. The lowest BCUT2D eigenvalue weighted by atomic mass is 9.89. The highest BCUT2D eigenvalue weighted by molar-refractivity contribution is 5.80. The van der Waals surface area contributed by atoms with E-state index in [4.69, 9.17) is 11.5 Å². The third-order valence-electron chi connectivity index (χ3n) is 4.14. The lowest BCUT2D eigenvalue weighted by Crippen LogP contribution is -2.14. The Labute approximate surface area is 136 Å². The second kappa shape index (κ2) is 5.37. The Kier molecular flexibility index (Phi) is 3.62. The molecule has 0 saturated heterocycles. The molecule has 0 aromatic carbocycles. The zero-order chi connectivity index (χ0) is 16.8. The van der Waals surface area contributed by atoms with Crippen LogP contribution in [-0.2, 0) is 20.0 Å². The van der Waals surface area contributed by atoms with E-state index in [1.165, 1.54) is 11.1 Å². The lowest BCUT2D eigenvalue weighted by Gasteiger charge is -2.18. The Hall–Kier alpha value is -2.37. The summed E-state index contributed by atoms with van der Waals surface area (Å²) < 4.78 is 4.19. The second-order valence-electron chi connectivity index (χ2n) is 7.49. The van der Waals surface area contributed by atoms with E-state index in [0.29, 0.717) is 5.82 Å². The lowest BCUT2D eigenvalue weighted by molar-refractivity contribution is -0.452. The van der Waals surface area contributed by atoms with Gasteiger partial charge in [0.15, 0.2) is 0 Å². The third kappa shape index (κ3) is 3.21. The minimum absolute atomic E-state index is 0.225. The average Bonchev–Trinajstić information content (AvgIpc) is 2.92. The Bertz CT molecular complexity index is 779. The number of aryl methyl sites for hydroxylation is 1. The van der Waals surface area contributed by atoms with Gasteiger partial charge in [0.1, 0.15) is 18.6 Å². The maximum Gasteiger partial charge on any atom is 0.338 e. The van der Waals surface area contributed by atoms with Crippen molar-refractivity contribution in [2.45, 2.75) is 40.2 Å². The molecule has 1 aliphatic rings. The van der Waals surface area contributed by atoms with E-state index in [1.54, 1.807) is 0 Å². The van der Waals surface area contributed by atoms with Crippen LogP contribution in [0.4, 0.5) is 17.6 Å². The molecule has 0 amide bonds. The molecule has 1 aliphatic heterocycles. The molecular weight excluding hydrogens is 288 g/mol. The summed E-state index contributed by atoms with van der Waals surface area (Å²) in [5.74, 6) is 1.54. The van der Waals surface area contributed by atoms with Crippen LogP contribution in [0.2, 0.25) is 0 Å². The van der Waals surface area contributed by atoms with Crippen LogP contribution in [0.15, 0.2) is 12.4 Å². The summed E-state index contributed by atoms with van der Waals surface area (Å²) >= 11 is 0. The SMILES string of the molecule is Cn1cc2c(c1)C[N+](c1nc(N)nc(N)c1CCC(C)(C)C)=C2. The van der Waals surface area contributed by atoms with E-state index in [1.807, 2.05) is 7.05 Å². The van der Waals surface area contributed by atoms with Gasteiger partial charge in [-0.2, -0.15) is 4.98 Å². The molecule has 3 heterocycles. The van der Waals surface area contributed by atoms with Crippen molar-refractivity contribution < 1.29 is 4.58 Å². The van der Waals surface area contributed by atoms with E-state index < -0.39 is 0 Å². The number of nitrogens with two attached hydrogens (primary N) is 2. The highest BCUT2D eigenvalue weighted by Gasteiger charge is 2.28. The standard InChI is InChI=1S/C17H25N6/c1-17(2,3)6-5-13-14(18)20-16(19)21-15(13)23-9-11-7-22(4)8-12(11)10-23/h7-9H,5-6,10H2,1-4H3,(H4,18,19,20,21)/q+1. The molecule has 3 rings (SSSR count). The zero-order valence-electron chi connectivity index (χ0n) is 14.3. The van der Waals surface area contributed by atoms with Crippen LogP contribution in [0.3, 0.4) is 0 Å². The van der Waals surface area contributed by atoms with Crippen LogP contribution in [0.25, 0.3) is 0 Å². The topological polar surface area (TPSA) is 85.8 Å². The minimum Gasteiger partial charge on any atom is -0.383 e. The highest BCUT2D eigenvalue weighted by atomic mass is 15.2. The molecular formula is C17H25N6+. The molecule has 0 spiro atoms. The van der Waals surface area contributed by atoms with Crippen LogP contribution < -0.4 is 11.5 Å². The first-order valence-electron chi connectivity index (χ1n) is 7.91. The van der Waals surface area contributed by atoms with Crippen molar-refractivity contribution in [2.75, 3.05) is 11.5 Å². The Morgan fingerprint density at radius 1 is 1.22 bits per heavy atom. The molecule has 2 aromatic rings. The molecule has 0 aliphatic carbocycles. The number of nitrogen functional groups attached to an aromatic ring is 2. The van der Waals surface area contributed by atoms with E-state index in [0.717, 1.165) is 30.8 Å². The largest absolute Gasteiger partial charge is 0.383 e. The fourth-order valence-corrected chi connectivity index (χ4v) is 2.93.